The van der Waals surface area contributed by atoms with E-state index in [4.69, 9.17) is 0 Å². The summed E-state index contributed by atoms with van der Waals surface area (Å²) in [5.74, 6) is 1.76. The average Bonchev–Trinajstić information content (AvgIpc) is 2.66. The molecule has 3 nitrogen and oxygen atoms in total. The van der Waals surface area contributed by atoms with E-state index in [1.54, 1.807) is 0 Å². The first-order valence-corrected chi connectivity index (χ1v) is 6.35. The first-order chi connectivity index (χ1) is 7.66. The lowest BCUT2D eigenvalue weighted by molar-refractivity contribution is 0.225. The minimum atomic E-state index is 0.695. The van der Waals surface area contributed by atoms with Gasteiger partial charge in [-0.3, -0.25) is 0 Å². The van der Waals surface area contributed by atoms with Gasteiger partial charge >= 0.3 is 0 Å². The van der Waals surface area contributed by atoms with Crippen LogP contribution in [0.1, 0.15) is 38.8 Å². The molecule has 3 unspecified atom stereocenters. The molecule has 1 N–H and O–H groups in total. The van der Waals surface area contributed by atoms with Gasteiger partial charge in [0.25, 0.3) is 0 Å². The summed E-state index contributed by atoms with van der Waals surface area (Å²) in [5, 5.41) is 3.65. The monoisotopic (exact) mass is 221 g/mol. The van der Waals surface area contributed by atoms with Crippen molar-refractivity contribution in [3.63, 3.8) is 0 Å². The first kappa shape index (κ1) is 11.6. The van der Waals surface area contributed by atoms with Crippen molar-refractivity contribution in [3.05, 3.63) is 18.2 Å². The van der Waals surface area contributed by atoms with Crippen molar-refractivity contribution in [2.24, 2.45) is 18.9 Å². The number of rotatable bonds is 3. The van der Waals surface area contributed by atoms with Crippen LogP contribution in [0.15, 0.2) is 12.5 Å². The molecule has 3 atom stereocenters. The molecule has 1 saturated carbocycles. The Kier molecular flexibility index (Phi) is 3.64. The number of nitrogens with one attached hydrogen (secondary N) is 1. The summed E-state index contributed by atoms with van der Waals surface area (Å²) in [4.78, 5) is 4.14. The lowest BCUT2D eigenvalue weighted by Gasteiger charge is -2.32. The van der Waals surface area contributed by atoms with Crippen LogP contribution in [0.5, 0.6) is 0 Å². The SMILES string of the molecule is CC1CCC(NCc2cncn2C)CC1C. The lowest BCUT2D eigenvalue weighted by Crippen LogP contribution is -2.36. The molecule has 2 rings (SSSR count). The molecule has 0 bridgehead atoms. The molecule has 90 valence electrons. The Balaban J connectivity index is 1.81. The van der Waals surface area contributed by atoms with E-state index in [1.807, 2.05) is 12.5 Å². The summed E-state index contributed by atoms with van der Waals surface area (Å²) in [5.41, 5.74) is 1.27. The van der Waals surface area contributed by atoms with Crippen molar-refractivity contribution < 1.29 is 0 Å². The highest BCUT2D eigenvalue weighted by Gasteiger charge is 2.23. The summed E-state index contributed by atoms with van der Waals surface area (Å²) in [6.45, 7) is 5.70. The molecule has 1 fully saturated rings. The molecule has 0 aliphatic heterocycles. The summed E-state index contributed by atoms with van der Waals surface area (Å²) in [6.07, 6.45) is 7.82. The molecule has 1 heterocycles. The Bertz CT molecular complexity index is 332. The zero-order valence-corrected chi connectivity index (χ0v) is 10.6. The van der Waals surface area contributed by atoms with Gasteiger partial charge < -0.3 is 9.88 Å². The summed E-state index contributed by atoms with van der Waals surface area (Å²) < 4.78 is 2.09. The van der Waals surface area contributed by atoms with E-state index in [9.17, 15) is 0 Å². The molecule has 16 heavy (non-hydrogen) atoms. The fourth-order valence-corrected chi connectivity index (χ4v) is 2.54. The van der Waals surface area contributed by atoms with E-state index >= 15 is 0 Å². The van der Waals surface area contributed by atoms with Gasteiger partial charge in [0, 0.05) is 25.8 Å². The molecule has 1 aliphatic rings. The number of hydrogen-bond acceptors (Lipinski definition) is 2. The van der Waals surface area contributed by atoms with Crippen LogP contribution in [-0.4, -0.2) is 15.6 Å². The van der Waals surface area contributed by atoms with Crippen molar-refractivity contribution in [1.29, 1.82) is 0 Å². The highest BCUT2D eigenvalue weighted by molar-refractivity contribution is 4.97. The molecule has 1 aliphatic carbocycles. The van der Waals surface area contributed by atoms with Gasteiger partial charge in [-0.15, -0.1) is 0 Å². The average molecular weight is 221 g/mol. The van der Waals surface area contributed by atoms with E-state index in [0.29, 0.717) is 6.04 Å². The Hall–Kier alpha value is -0.830. The van der Waals surface area contributed by atoms with Gasteiger partial charge in [0.2, 0.25) is 0 Å². The minimum absolute atomic E-state index is 0.695. The Morgan fingerprint density at radius 2 is 2.19 bits per heavy atom. The molecule has 3 heteroatoms. The molecular formula is C13H23N3. The van der Waals surface area contributed by atoms with Crippen LogP contribution in [0, 0.1) is 11.8 Å². The maximum absolute atomic E-state index is 4.14. The third kappa shape index (κ3) is 2.64. The van der Waals surface area contributed by atoms with Gasteiger partial charge in [0.05, 0.1) is 12.0 Å². The van der Waals surface area contributed by atoms with E-state index in [1.165, 1.54) is 25.0 Å². The van der Waals surface area contributed by atoms with Crippen LogP contribution in [0.2, 0.25) is 0 Å². The van der Waals surface area contributed by atoms with E-state index in [2.05, 4.69) is 35.8 Å². The van der Waals surface area contributed by atoms with Crippen molar-refractivity contribution >= 4 is 0 Å². The highest BCUT2D eigenvalue weighted by atomic mass is 15.0. The van der Waals surface area contributed by atoms with Crippen molar-refractivity contribution in [2.75, 3.05) is 0 Å². The number of imidazole rings is 1. The predicted octanol–water partition coefficient (Wildman–Crippen LogP) is 2.33. The quantitative estimate of drug-likeness (QED) is 0.849. The van der Waals surface area contributed by atoms with Gasteiger partial charge in [-0.2, -0.15) is 0 Å². The highest BCUT2D eigenvalue weighted by Crippen LogP contribution is 2.29. The zero-order chi connectivity index (χ0) is 11.5. The molecule has 1 aromatic rings. The van der Waals surface area contributed by atoms with Crippen LogP contribution >= 0.6 is 0 Å². The second kappa shape index (κ2) is 5.00. The molecule has 0 aromatic carbocycles. The molecule has 0 spiro atoms. The fraction of sp³-hybridized carbons (Fsp3) is 0.769. The summed E-state index contributed by atoms with van der Waals surface area (Å²) in [7, 11) is 2.05. The van der Waals surface area contributed by atoms with Crippen LogP contribution in [0.4, 0.5) is 0 Å². The van der Waals surface area contributed by atoms with Gasteiger partial charge in [-0.05, 0) is 31.1 Å². The maximum Gasteiger partial charge on any atom is 0.0945 e. The molecule has 0 radical (unpaired) electrons. The molecule has 0 saturated heterocycles. The largest absolute Gasteiger partial charge is 0.337 e. The first-order valence-electron chi connectivity index (χ1n) is 6.35. The Morgan fingerprint density at radius 1 is 1.38 bits per heavy atom. The van der Waals surface area contributed by atoms with E-state index in [-0.39, 0.29) is 0 Å². The van der Waals surface area contributed by atoms with E-state index in [0.717, 1.165) is 18.4 Å². The van der Waals surface area contributed by atoms with Crippen molar-refractivity contribution in [2.45, 2.75) is 45.7 Å². The van der Waals surface area contributed by atoms with Crippen LogP contribution in [0.3, 0.4) is 0 Å². The van der Waals surface area contributed by atoms with Crippen molar-refractivity contribution in [1.82, 2.24) is 14.9 Å². The fourth-order valence-electron chi connectivity index (χ4n) is 2.54. The van der Waals surface area contributed by atoms with Crippen LogP contribution < -0.4 is 5.32 Å². The van der Waals surface area contributed by atoms with Gasteiger partial charge in [-0.25, -0.2) is 4.98 Å². The molecule has 0 amide bonds. The minimum Gasteiger partial charge on any atom is -0.337 e. The van der Waals surface area contributed by atoms with Gasteiger partial charge in [0.1, 0.15) is 0 Å². The molecular weight excluding hydrogens is 198 g/mol. The Morgan fingerprint density at radius 3 is 2.81 bits per heavy atom. The number of nitrogens with zero attached hydrogens (tertiary/aromatic N) is 2. The lowest BCUT2D eigenvalue weighted by atomic mass is 9.79. The smallest absolute Gasteiger partial charge is 0.0945 e. The third-order valence-corrected chi connectivity index (χ3v) is 4.09. The second-order valence-corrected chi connectivity index (χ2v) is 5.34. The summed E-state index contributed by atoms with van der Waals surface area (Å²) >= 11 is 0. The van der Waals surface area contributed by atoms with Gasteiger partial charge in [0.15, 0.2) is 0 Å². The normalized spacial score (nSPS) is 30.6. The maximum atomic E-state index is 4.14. The summed E-state index contributed by atoms with van der Waals surface area (Å²) in [6, 6.07) is 0.695. The van der Waals surface area contributed by atoms with Gasteiger partial charge in [-0.1, -0.05) is 13.8 Å². The Labute approximate surface area is 98.3 Å². The van der Waals surface area contributed by atoms with E-state index < -0.39 is 0 Å². The predicted molar refractivity (Wildman–Crippen MR) is 66.0 cm³/mol. The topological polar surface area (TPSA) is 29.9 Å². The standard InChI is InChI=1S/C13H23N3/c1-10-4-5-12(6-11(10)2)15-8-13-7-14-9-16(13)3/h7,9-12,15H,4-6,8H2,1-3H3. The zero-order valence-electron chi connectivity index (χ0n) is 10.6. The number of aromatic nitrogens is 2. The van der Waals surface area contributed by atoms with Crippen LogP contribution in [0.25, 0.3) is 0 Å². The second-order valence-electron chi connectivity index (χ2n) is 5.34. The van der Waals surface area contributed by atoms with Crippen LogP contribution in [-0.2, 0) is 13.6 Å². The third-order valence-electron chi connectivity index (χ3n) is 4.09. The van der Waals surface area contributed by atoms with Crippen molar-refractivity contribution in [3.8, 4) is 0 Å². The number of hydrogen-bond donors (Lipinski definition) is 1. The number of aryl methyl sites for hydroxylation is 1. The molecule has 1 aromatic heterocycles.